The zero-order valence-electron chi connectivity index (χ0n) is 18.3. The molecular formula is C24H28N2O7. The zero-order valence-corrected chi connectivity index (χ0v) is 18.3. The predicted octanol–water partition coefficient (Wildman–Crippen LogP) is 3.14. The van der Waals surface area contributed by atoms with Crippen molar-refractivity contribution in [2.24, 2.45) is 5.92 Å². The van der Waals surface area contributed by atoms with Crippen molar-refractivity contribution in [2.45, 2.75) is 25.9 Å². The molecule has 2 aromatic carbocycles. The Morgan fingerprint density at radius 3 is 2.39 bits per heavy atom. The smallest absolute Gasteiger partial charge is 0.414 e. The van der Waals surface area contributed by atoms with Crippen LogP contribution in [0.4, 0.5) is 4.79 Å². The lowest BCUT2D eigenvalue weighted by atomic mass is 9.93. The average molecular weight is 456 g/mol. The van der Waals surface area contributed by atoms with Crippen LogP contribution in [0.1, 0.15) is 41.8 Å². The summed E-state index contributed by atoms with van der Waals surface area (Å²) in [4.78, 5) is 35.9. The molecule has 0 saturated carbocycles. The predicted molar refractivity (Wildman–Crippen MR) is 120 cm³/mol. The van der Waals surface area contributed by atoms with Gasteiger partial charge in [-0.3, -0.25) is 20.1 Å². The number of carbonyl (C=O) groups excluding carboxylic acids is 3. The number of allylic oxidation sites excluding steroid dienone is 1. The minimum Gasteiger partial charge on any atom is -0.491 e. The zero-order chi connectivity index (χ0) is 24.1. The maximum Gasteiger partial charge on any atom is 0.414 e. The van der Waals surface area contributed by atoms with Gasteiger partial charge in [0.05, 0.1) is 6.61 Å². The number of aliphatic hydroxyl groups excluding tert-OH is 1. The number of aliphatic hydroxyl groups is 1. The van der Waals surface area contributed by atoms with E-state index in [1.54, 1.807) is 60.7 Å². The molecule has 0 spiro atoms. The number of rotatable bonds is 11. The van der Waals surface area contributed by atoms with E-state index >= 15 is 0 Å². The Balaban J connectivity index is 2.10. The number of alkyl carbamates (subject to hydrolysis) is 1. The first kappa shape index (κ1) is 25.6. The van der Waals surface area contributed by atoms with Gasteiger partial charge in [0, 0.05) is 11.6 Å². The highest BCUT2D eigenvalue weighted by molar-refractivity contribution is 6.02. The maximum atomic E-state index is 12.5. The van der Waals surface area contributed by atoms with Crippen molar-refractivity contribution in [1.82, 2.24) is 10.8 Å². The van der Waals surface area contributed by atoms with Gasteiger partial charge in [-0.1, -0.05) is 43.3 Å². The van der Waals surface area contributed by atoms with E-state index in [0.717, 1.165) is 0 Å². The van der Waals surface area contributed by atoms with Crippen LogP contribution in [0.5, 0.6) is 5.75 Å². The van der Waals surface area contributed by atoms with E-state index < -0.39 is 24.0 Å². The van der Waals surface area contributed by atoms with Crippen LogP contribution in [-0.4, -0.2) is 41.4 Å². The summed E-state index contributed by atoms with van der Waals surface area (Å²) in [7, 11) is 0. The topological polar surface area (TPSA) is 134 Å². The third kappa shape index (κ3) is 8.76. The van der Waals surface area contributed by atoms with E-state index in [-0.39, 0.29) is 19.1 Å². The molecule has 0 aliphatic carbocycles. The standard InChI is InChI=1S/C24H28N2O7/c1-17(7-5-6-10-21(28)26-31)22(18-11-13-20(14-12-18)32-16-15-27)33-24(30)25-23(29)19-8-3-2-4-9-19/h2-4,6,8-14,17,22,27,31H,5,7,15-16H2,1H3,(H,26,28)(H,25,29,30)/b10-6+/t17-,22-/m1/s1. The Morgan fingerprint density at radius 1 is 1.06 bits per heavy atom. The van der Waals surface area contributed by atoms with E-state index in [1.807, 2.05) is 6.92 Å². The van der Waals surface area contributed by atoms with E-state index in [0.29, 0.717) is 29.7 Å². The number of carbonyl (C=O) groups is 3. The van der Waals surface area contributed by atoms with Crippen molar-refractivity contribution in [3.8, 4) is 5.75 Å². The molecule has 0 fully saturated rings. The first-order valence-electron chi connectivity index (χ1n) is 10.5. The van der Waals surface area contributed by atoms with Crippen LogP contribution in [0, 0.1) is 5.92 Å². The third-order valence-corrected chi connectivity index (χ3v) is 4.74. The number of amides is 3. The van der Waals surface area contributed by atoms with Crippen molar-refractivity contribution in [3.05, 3.63) is 77.9 Å². The lowest BCUT2D eigenvalue weighted by molar-refractivity contribution is -0.124. The molecule has 0 aromatic heterocycles. The quantitative estimate of drug-likeness (QED) is 0.232. The number of ether oxygens (including phenoxy) is 2. The summed E-state index contributed by atoms with van der Waals surface area (Å²) >= 11 is 0. The maximum absolute atomic E-state index is 12.5. The molecule has 9 heteroatoms. The van der Waals surface area contributed by atoms with Crippen molar-refractivity contribution in [3.63, 3.8) is 0 Å². The molecule has 0 heterocycles. The van der Waals surface area contributed by atoms with Crippen molar-refractivity contribution >= 4 is 17.9 Å². The van der Waals surface area contributed by atoms with Crippen LogP contribution in [0.25, 0.3) is 0 Å². The molecule has 0 radical (unpaired) electrons. The van der Waals surface area contributed by atoms with Gasteiger partial charge in [-0.15, -0.1) is 0 Å². The van der Waals surface area contributed by atoms with Gasteiger partial charge in [0.2, 0.25) is 0 Å². The van der Waals surface area contributed by atoms with Crippen LogP contribution < -0.4 is 15.5 Å². The summed E-state index contributed by atoms with van der Waals surface area (Å²) < 4.78 is 11.0. The molecule has 3 amide bonds. The highest BCUT2D eigenvalue weighted by atomic mass is 16.6. The highest BCUT2D eigenvalue weighted by Crippen LogP contribution is 2.31. The van der Waals surface area contributed by atoms with Gasteiger partial charge < -0.3 is 14.6 Å². The fourth-order valence-corrected chi connectivity index (χ4v) is 3.07. The fraction of sp³-hybridized carbons (Fsp3) is 0.292. The third-order valence-electron chi connectivity index (χ3n) is 4.74. The van der Waals surface area contributed by atoms with Gasteiger partial charge in [0.25, 0.3) is 11.8 Å². The van der Waals surface area contributed by atoms with Crippen LogP contribution in [0.2, 0.25) is 0 Å². The summed E-state index contributed by atoms with van der Waals surface area (Å²) in [6, 6.07) is 15.2. The minimum absolute atomic E-state index is 0.109. The van der Waals surface area contributed by atoms with E-state index in [2.05, 4.69) is 5.32 Å². The van der Waals surface area contributed by atoms with Gasteiger partial charge in [-0.2, -0.15) is 0 Å². The van der Waals surface area contributed by atoms with Crippen LogP contribution >= 0.6 is 0 Å². The van der Waals surface area contributed by atoms with Crippen LogP contribution in [0.15, 0.2) is 66.7 Å². The molecule has 2 aromatic rings. The number of hydrogen-bond acceptors (Lipinski definition) is 7. The molecule has 2 atom stereocenters. The molecule has 176 valence electrons. The summed E-state index contributed by atoms with van der Waals surface area (Å²) in [6.45, 7) is 1.93. The van der Waals surface area contributed by atoms with Gasteiger partial charge in [-0.05, 0) is 48.6 Å². The molecule has 0 aliphatic heterocycles. The fourth-order valence-electron chi connectivity index (χ4n) is 3.07. The van der Waals surface area contributed by atoms with Crippen molar-refractivity contribution < 1.29 is 34.2 Å². The molecule has 0 aliphatic rings. The average Bonchev–Trinajstić information content (AvgIpc) is 2.84. The molecule has 9 nitrogen and oxygen atoms in total. The largest absolute Gasteiger partial charge is 0.491 e. The Kier molecular flexibility index (Phi) is 10.6. The number of hydrogen-bond donors (Lipinski definition) is 4. The first-order chi connectivity index (χ1) is 15.9. The molecule has 0 bridgehead atoms. The Morgan fingerprint density at radius 2 is 1.76 bits per heavy atom. The highest BCUT2D eigenvalue weighted by Gasteiger charge is 2.24. The minimum atomic E-state index is -0.878. The van der Waals surface area contributed by atoms with Gasteiger partial charge in [-0.25, -0.2) is 10.3 Å². The molecule has 0 unspecified atom stereocenters. The van der Waals surface area contributed by atoms with Gasteiger partial charge in [0.15, 0.2) is 0 Å². The summed E-state index contributed by atoms with van der Waals surface area (Å²) in [6.07, 6.45) is 2.31. The monoisotopic (exact) mass is 456 g/mol. The second kappa shape index (κ2) is 13.7. The molecule has 0 saturated heterocycles. The molecule has 4 N–H and O–H groups in total. The van der Waals surface area contributed by atoms with E-state index in [4.69, 9.17) is 19.8 Å². The van der Waals surface area contributed by atoms with Gasteiger partial charge >= 0.3 is 6.09 Å². The van der Waals surface area contributed by atoms with Crippen molar-refractivity contribution in [2.75, 3.05) is 13.2 Å². The van der Waals surface area contributed by atoms with Crippen LogP contribution in [0.3, 0.4) is 0 Å². The SMILES string of the molecule is C[C@H](CC/C=C/C(=O)NO)[C@@H](OC(=O)NC(=O)c1ccccc1)c1ccc(OCCO)cc1. The summed E-state index contributed by atoms with van der Waals surface area (Å²) in [5, 5.41) is 19.7. The lowest BCUT2D eigenvalue weighted by Gasteiger charge is -2.24. The molecule has 33 heavy (non-hydrogen) atoms. The second-order valence-electron chi connectivity index (χ2n) is 7.22. The second-order valence-corrected chi connectivity index (χ2v) is 7.22. The lowest BCUT2D eigenvalue weighted by Crippen LogP contribution is -2.33. The number of nitrogens with one attached hydrogen (secondary N) is 2. The Hall–Kier alpha value is -3.69. The summed E-state index contributed by atoms with van der Waals surface area (Å²) in [5.74, 6) is -0.820. The Bertz CT molecular complexity index is 930. The number of imide groups is 1. The van der Waals surface area contributed by atoms with E-state index in [1.165, 1.54) is 11.6 Å². The van der Waals surface area contributed by atoms with Crippen LogP contribution in [-0.2, 0) is 9.53 Å². The van der Waals surface area contributed by atoms with E-state index in [9.17, 15) is 14.4 Å². The molecule has 2 rings (SSSR count). The first-order valence-corrected chi connectivity index (χ1v) is 10.5. The Labute approximate surface area is 192 Å². The summed E-state index contributed by atoms with van der Waals surface area (Å²) in [5.41, 5.74) is 2.54. The molecular weight excluding hydrogens is 428 g/mol. The van der Waals surface area contributed by atoms with Crippen molar-refractivity contribution in [1.29, 1.82) is 0 Å². The number of benzene rings is 2. The van der Waals surface area contributed by atoms with Gasteiger partial charge in [0.1, 0.15) is 18.5 Å². The number of hydroxylamine groups is 1. The normalized spacial score (nSPS) is 12.6.